The SMILES string of the molecule is CCC(C)CC(CC)Nc1cc(Cl)cc(Br)c1OC(F)F. The van der Waals surface area contributed by atoms with Crippen LogP contribution < -0.4 is 10.1 Å². The van der Waals surface area contributed by atoms with Crippen molar-refractivity contribution in [2.45, 2.75) is 52.7 Å². The van der Waals surface area contributed by atoms with Crippen molar-refractivity contribution >= 4 is 33.2 Å². The zero-order chi connectivity index (χ0) is 16.0. The predicted molar refractivity (Wildman–Crippen MR) is 87.6 cm³/mol. The molecular weight excluding hydrogens is 364 g/mol. The lowest BCUT2D eigenvalue weighted by atomic mass is 9.97. The monoisotopic (exact) mass is 383 g/mol. The molecule has 0 spiro atoms. The van der Waals surface area contributed by atoms with Crippen LogP contribution in [0.25, 0.3) is 0 Å². The van der Waals surface area contributed by atoms with Crippen molar-refractivity contribution in [3.05, 3.63) is 21.6 Å². The van der Waals surface area contributed by atoms with Crippen LogP contribution in [-0.4, -0.2) is 12.7 Å². The van der Waals surface area contributed by atoms with Gasteiger partial charge in [-0.2, -0.15) is 8.78 Å². The smallest absolute Gasteiger partial charge is 0.387 e. The number of alkyl halides is 2. The van der Waals surface area contributed by atoms with Gasteiger partial charge >= 0.3 is 6.61 Å². The van der Waals surface area contributed by atoms with Gasteiger partial charge in [-0.25, -0.2) is 0 Å². The Labute approximate surface area is 138 Å². The van der Waals surface area contributed by atoms with Crippen LogP contribution in [0, 0.1) is 5.92 Å². The van der Waals surface area contributed by atoms with E-state index < -0.39 is 6.61 Å². The lowest BCUT2D eigenvalue weighted by Gasteiger charge is -2.23. The number of rotatable bonds is 8. The maximum atomic E-state index is 12.6. The molecule has 0 saturated carbocycles. The van der Waals surface area contributed by atoms with Crippen LogP contribution in [0.5, 0.6) is 5.75 Å². The quantitative estimate of drug-likeness (QED) is 0.565. The Morgan fingerprint density at radius 1 is 1.29 bits per heavy atom. The Bertz CT molecular complexity index is 460. The molecule has 2 nitrogen and oxygen atoms in total. The fraction of sp³-hybridized carbons (Fsp3) is 0.600. The second kappa shape index (κ2) is 8.79. The van der Waals surface area contributed by atoms with Gasteiger partial charge in [-0.3, -0.25) is 0 Å². The van der Waals surface area contributed by atoms with Gasteiger partial charge in [0.15, 0.2) is 5.75 Å². The van der Waals surface area contributed by atoms with Gasteiger partial charge in [0, 0.05) is 11.1 Å². The second-order valence-electron chi connectivity index (χ2n) is 5.14. The Morgan fingerprint density at radius 2 is 1.95 bits per heavy atom. The van der Waals surface area contributed by atoms with E-state index in [0.29, 0.717) is 21.1 Å². The highest BCUT2D eigenvalue weighted by Gasteiger charge is 2.18. The Kier molecular flexibility index (Phi) is 7.74. The lowest BCUT2D eigenvalue weighted by molar-refractivity contribution is -0.0499. The van der Waals surface area contributed by atoms with Gasteiger partial charge in [-0.05, 0) is 46.8 Å². The number of anilines is 1. The Morgan fingerprint density at radius 3 is 2.48 bits per heavy atom. The summed E-state index contributed by atoms with van der Waals surface area (Å²) >= 11 is 9.23. The molecule has 0 radical (unpaired) electrons. The van der Waals surface area contributed by atoms with Crippen molar-refractivity contribution < 1.29 is 13.5 Å². The van der Waals surface area contributed by atoms with Crippen LogP contribution in [0.3, 0.4) is 0 Å². The normalized spacial score (nSPS) is 14.1. The highest BCUT2D eigenvalue weighted by atomic mass is 79.9. The van der Waals surface area contributed by atoms with Crippen molar-refractivity contribution in [1.29, 1.82) is 0 Å². The average Bonchev–Trinajstić information content (AvgIpc) is 2.41. The van der Waals surface area contributed by atoms with Crippen LogP contribution in [-0.2, 0) is 0 Å². The van der Waals surface area contributed by atoms with Crippen molar-refractivity contribution in [1.82, 2.24) is 0 Å². The minimum Gasteiger partial charge on any atom is -0.431 e. The molecule has 1 aromatic carbocycles. The third-order valence-electron chi connectivity index (χ3n) is 3.45. The van der Waals surface area contributed by atoms with E-state index in [-0.39, 0.29) is 11.8 Å². The standard InChI is InChI=1S/C15H21BrClF2NO/c1-4-9(3)6-11(5-2)20-13-8-10(17)7-12(16)14(13)21-15(18)19/h7-9,11,15,20H,4-6H2,1-3H3. The number of ether oxygens (including phenoxy) is 1. The second-order valence-corrected chi connectivity index (χ2v) is 6.43. The molecule has 1 N–H and O–H groups in total. The molecule has 2 unspecified atom stereocenters. The summed E-state index contributed by atoms with van der Waals surface area (Å²) in [5.41, 5.74) is 0.491. The van der Waals surface area contributed by atoms with Crippen molar-refractivity contribution in [2.24, 2.45) is 5.92 Å². The van der Waals surface area contributed by atoms with Gasteiger partial charge in [0.25, 0.3) is 0 Å². The van der Waals surface area contributed by atoms with Crippen LogP contribution in [0.4, 0.5) is 14.5 Å². The van der Waals surface area contributed by atoms with Gasteiger partial charge < -0.3 is 10.1 Å². The minimum atomic E-state index is -2.88. The molecule has 0 aliphatic heterocycles. The first-order valence-corrected chi connectivity index (χ1v) is 8.24. The van der Waals surface area contributed by atoms with E-state index >= 15 is 0 Å². The number of nitrogens with one attached hydrogen (secondary N) is 1. The Balaban J connectivity index is 2.98. The summed E-state index contributed by atoms with van der Waals surface area (Å²) in [5.74, 6) is 0.654. The summed E-state index contributed by atoms with van der Waals surface area (Å²) in [4.78, 5) is 0. The number of benzene rings is 1. The largest absolute Gasteiger partial charge is 0.431 e. The minimum absolute atomic E-state index is 0.0944. The van der Waals surface area contributed by atoms with Crippen molar-refractivity contribution in [3.8, 4) is 5.75 Å². The van der Waals surface area contributed by atoms with Gasteiger partial charge in [-0.1, -0.05) is 38.8 Å². The molecule has 6 heteroatoms. The molecule has 1 aromatic rings. The molecule has 0 saturated heterocycles. The molecule has 0 amide bonds. The summed E-state index contributed by atoms with van der Waals surface area (Å²) in [6.07, 6.45) is 2.94. The number of hydrogen-bond acceptors (Lipinski definition) is 2. The van der Waals surface area contributed by atoms with Gasteiger partial charge in [-0.15, -0.1) is 0 Å². The Hall–Kier alpha value is -0.550. The zero-order valence-electron chi connectivity index (χ0n) is 12.4. The molecule has 2 atom stereocenters. The molecule has 0 aliphatic rings. The first-order valence-electron chi connectivity index (χ1n) is 7.07. The summed E-state index contributed by atoms with van der Waals surface area (Å²) in [7, 11) is 0. The van der Waals surface area contributed by atoms with Gasteiger partial charge in [0.1, 0.15) is 0 Å². The molecule has 0 aliphatic carbocycles. The maximum Gasteiger partial charge on any atom is 0.387 e. The van der Waals surface area contributed by atoms with Gasteiger partial charge in [0.05, 0.1) is 10.2 Å². The first kappa shape index (κ1) is 18.5. The number of halogens is 4. The molecule has 0 aromatic heterocycles. The summed E-state index contributed by atoms with van der Waals surface area (Å²) in [6, 6.07) is 3.34. The van der Waals surface area contributed by atoms with E-state index in [9.17, 15) is 8.78 Å². The van der Waals surface area contributed by atoms with Crippen LogP contribution in [0.15, 0.2) is 16.6 Å². The maximum absolute atomic E-state index is 12.6. The lowest BCUT2D eigenvalue weighted by Crippen LogP contribution is -2.22. The fourth-order valence-corrected chi connectivity index (χ4v) is 2.98. The molecule has 0 heterocycles. The summed E-state index contributed by atoms with van der Waals surface area (Å²) in [6.45, 7) is 3.50. The van der Waals surface area contributed by atoms with Crippen LogP contribution in [0.2, 0.25) is 5.02 Å². The van der Waals surface area contributed by atoms with E-state index in [1.807, 2.05) is 0 Å². The zero-order valence-corrected chi connectivity index (χ0v) is 14.8. The van der Waals surface area contributed by atoms with E-state index in [1.54, 1.807) is 12.1 Å². The molecule has 21 heavy (non-hydrogen) atoms. The third-order valence-corrected chi connectivity index (χ3v) is 4.26. The highest BCUT2D eigenvalue weighted by Crippen LogP contribution is 2.38. The molecule has 1 rings (SSSR count). The summed E-state index contributed by atoms with van der Waals surface area (Å²) in [5, 5.41) is 3.74. The van der Waals surface area contributed by atoms with Crippen molar-refractivity contribution in [3.63, 3.8) is 0 Å². The topological polar surface area (TPSA) is 21.3 Å². The molecular formula is C15H21BrClF2NO. The van der Waals surface area contributed by atoms with Gasteiger partial charge in [0.2, 0.25) is 0 Å². The predicted octanol–water partition coefficient (Wildman–Crippen LogP) is 6.33. The molecule has 0 bridgehead atoms. The molecule has 120 valence electrons. The fourth-order valence-electron chi connectivity index (χ4n) is 2.08. The van der Waals surface area contributed by atoms with E-state index in [0.717, 1.165) is 19.3 Å². The van der Waals surface area contributed by atoms with Crippen LogP contribution >= 0.6 is 27.5 Å². The summed E-state index contributed by atoms with van der Waals surface area (Å²) < 4.78 is 30.1. The van der Waals surface area contributed by atoms with E-state index in [4.69, 9.17) is 11.6 Å². The van der Waals surface area contributed by atoms with E-state index in [1.165, 1.54) is 0 Å². The third kappa shape index (κ3) is 5.99. The highest BCUT2D eigenvalue weighted by molar-refractivity contribution is 9.10. The van der Waals surface area contributed by atoms with Crippen molar-refractivity contribution in [2.75, 3.05) is 5.32 Å². The van der Waals surface area contributed by atoms with E-state index in [2.05, 4.69) is 46.8 Å². The van der Waals surface area contributed by atoms with Crippen LogP contribution in [0.1, 0.15) is 40.0 Å². The first-order chi connectivity index (χ1) is 9.87. The average molecular weight is 385 g/mol. The number of hydrogen-bond donors (Lipinski definition) is 1. The molecule has 0 fully saturated rings.